The Kier molecular flexibility index (Phi) is 14.5. The first-order valence-corrected chi connectivity index (χ1v) is 16.5. The van der Waals surface area contributed by atoms with Crippen molar-refractivity contribution in [2.24, 2.45) is 5.92 Å². The molecule has 258 valence electrons. The highest BCUT2D eigenvalue weighted by molar-refractivity contribution is 5.92. The summed E-state index contributed by atoms with van der Waals surface area (Å²) in [5, 5.41) is 0. The molecule has 0 aliphatic heterocycles. The van der Waals surface area contributed by atoms with Crippen LogP contribution in [0.4, 0.5) is 0 Å². The second-order valence-electron chi connectivity index (χ2n) is 11.5. The number of benzene rings is 3. The Balaban J connectivity index is 1.14. The predicted octanol–water partition coefficient (Wildman–Crippen LogP) is 7.38. The van der Waals surface area contributed by atoms with Crippen LogP contribution in [0.2, 0.25) is 0 Å². The highest BCUT2D eigenvalue weighted by Gasteiger charge is 2.15. The minimum absolute atomic E-state index is 0.300. The van der Waals surface area contributed by atoms with E-state index >= 15 is 0 Å². The lowest BCUT2D eigenvalue weighted by atomic mass is 9.85. The molecule has 0 bridgehead atoms. The maximum Gasteiger partial charge on any atom is 0.343 e. The van der Waals surface area contributed by atoms with Crippen molar-refractivity contribution in [2.75, 3.05) is 26.4 Å². The van der Waals surface area contributed by atoms with E-state index in [4.69, 9.17) is 28.4 Å². The molecule has 0 aromatic heterocycles. The van der Waals surface area contributed by atoms with Gasteiger partial charge >= 0.3 is 23.9 Å². The van der Waals surface area contributed by atoms with E-state index in [0.29, 0.717) is 91.3 Å². The van der Waals surface area contributed by atoms with Gasteiger partial charge in [0, 0.05) is 12.2 Å². The molecule has 10 nitrogen and oxygen atoms in total. The van der Waals surface area contributed by atoms with E-state index in [1.807, 2.05) is 6.08 Å². The van der Waals surface area contributed by atoms with Crippen molar-refractivity contribution in [2.45, 2.75) is 51.9 Å². The van der Waals surface area contributed by atoms with Gasteiger partial charge in [0.05, 0.1) is 37.6 Å². The summed E-state index contributed by atoms with van der Waals surface area (Å²) in [5.41, 5.74) is 1.31. The van der Waals surface area contributed by atoms with Gasteiger partial charge in [-0.05, 0) is 124 Å². The van der Waals surface area contributed by atoms with Crippen molar-refractivity contribution in [1.82, 2.24) is 0 Å². The van der Waals surface area contributed by atoms with E-state index in [9.17, 15) is 19.2 Å². The molecular formula is C39H42O10. The topological polar surface area (TPSA) is 124 Å². The second-order valence-corrected chi connectivity index (χ2v) is 11.5. The summed E-state index contributed by atoms with van der Waals surface area (Å²) in [6.45, 7) is 6.63. The molecule has 10 heteroatoms. The monoisotopic (exact) mass is 670 g/mol. The van der Waals surface area contributed by atoms with Gasteiger partial charge in [-0.1, -0.05) is 19.1 Å². The van der Waals surface area contributed by atoms with Crippen LogP contribution in [0, 0.1) is 12.8 Å². The van der Waals surface area contributed by atoms with Crippen LogP contribution in [0.1, 0.15) is 71.2 Å². The summed E-state index contributed by atoms with van der Waals surface area (Å²) in [5.74, 6) is 0.551. The van der Waals surface area contributed by atoms with Crippen LogP contribution in [0.3, 0.4) is 0 Å². The molecule has 0 spiro atoms. The van der Waals surface area contributed by atoms with E-state index in [2.05, 4.69) is 6.58 Å². The number of carbonyl (C=O) groups excluding carboxylic acids is 4. The number of unbranched alkanes of at least 4 members (excludes halogenated alkanes) is 2. The third-order valence-corrected chi connectivity index (χ3v) is 7.66. The van der Waals surface area contributed by atoms with Crippen LogP contribution >= 0.6 is 0 Å². The maximum atomic E-state index is 12.8. The van der Waals surface area contributed by atoms with Crippen molar-refractivity contribution >= 4 is 23.9 Å². The average molecular weight is 671 g/mol. The molecule has 0 heterocycles. The number of rotatable bonds is 19. The molecule has 3 aromatic carbocycles. The summed E-state index contributed by atoms with van der Waals surface area (Å²) < 4.78 is 32.6. The van der Waals surface area contributed by atoms with Crippen LogP contribution < -0.4 is 18.9 Å². The summed E-state index contributed by atoms with van der Waals surface area (Å²) in [4.78, 5) is 48.2. The largest absolute Gasteiger partial charge is 0.494 e. The summed E-state index contributed by atoms with van der Waals surface area (Å²) in [6.07, 6.45) is 10.9. The van der Waals surface area contributed by atoms with Crippen molar-refractivity contribution < 1.29 is 47.6 Å². The van der Waals surface area contributed by atoms with Crippen LogP contribution in [0.15, 0.2) is 91.5 Å². The molecule has 1 aliphatic rings. The van der Waals surface area contributed by atoms with Crippen LogP contribution in [0.5, 0.6) is 23.0 Å². The Labute approximate surface area is 286 Å². The van der Waals surface area contributed by atoms with Crippen LogP contribution in [-0.4, -0.2) is 50.3 Å². The SMILES string of the molecule is C=CC(=O)OCCCCOc1ccc(C(=O)Oc2ccc(OC(=O)c3ccc(OCCCCOC(=O)/C=C\C4CCC4)cc3)c(C)c2)cc1. The molecule has 49 heavy (non-hydrogen) atoms. The fraction of sp³-hybridized carbons (Fsp3) is 0.333. The molecule has 3 aromatic rings. The van der Waals surface area contributed by atoms with Crippen molar-refractivity contribution in [3.8, 4) is 23.0 Å². The van der Waals surface area contributed by atoms with E-state index in [0.717, 1.165) is 25.3 Å². The standard InChI is InChI=1S/C39H42O10/c1-3-36(40)46-25-6-4-23-44-32-16-12-30(13-17-32)38(42)48-34-20-21-35(28(2)27-34)49-39(43)31-14-18-33(19-15-31)45-24-5-7-26-47-37(41)22-11-29-9-8-10-29/h3,11-22,27,29H,1,4-10,23-26H2,2H3/b22-11-. The molecule has 1 fully saturated rings. The first-order valence-electron chi connectivity index (χ1n) is 16.5. The zero-order valence-electron chi connectivity index (χ0n) is 27.7. The van der Waals surface area contributed by atoms with Gasteiger partial charge in [0.15, 0.2) is 0 Å². The second kappa shape index (κ2) is 19.4. The van der Waals surface area contributed by atoms with Gasteiger partial charge in [0.1, 0.15) is 23.0 Å². The molecule has 1 saturated carbocycles. The molecule has 0 N–H and O–H groups in total. The first kappa shape index (κ1) is 36.5. The molecule has 0 amide bonds. The lowest BCUT2D eigenvalue weighted by Crippen LogP contribution is -2.11. The van der Waals surface area contributed by atoms with Gasteiger partial charge in [0.2, 0.25) is 0 Å². The molecular weight excluding hydrogens is 628 g/mol. The van der Waals surface area contributed by atoms with E-state index in [1.54, 1.807) is 73.7 Å². The lowest BCUT2D eigenvalue weighted by Gasteiger charge is -2.20. The van der Waals surface area contributed by atoms with E-state index in [1.165, 1.54) is 12.5 Å². The van der Waals surface area contributed by atoms with Crippen LogP contribution in [-0.2, 0) is 19.1 Å². The zero-order valence-corrected chi connectivity index (χ0v) is 27.7. The molecule has 0 unspecified atom stereocenters. The Morgan fingerprint density at radius 3 is 1.69 bits per heavy atom. The highest BCUT2D eigenvalue weighted by atomic mass is 16.5. The number of esters is 4. The predicted molar refractivity (Wildman–Crippen MR) is 182 cm³/mol. The van der Waals surface area contributed by atoms with Gasteiger partial charge in [-0.3, -0.25) is 0 Å². The highest BCUT2D eigenvalue weighted by Crippen LogP contribution is 2.27. The minimum atomic E-state index is -0.544. The van der Waals surface area contributed by atoms with Gasteiger partial charge < -0.3 is 28.4 Å². The Bertz CT molecular complexity index is 1590. The number of hydrogen-bond acceptors (Lipinski definition) is 10. The number of hydrogen-bond donors (Lipinski definition) is 0. The van der Waals surface area contributed by atoms with E-state index < -0.39 is 17.9 Å². The smallest absolute Gasteiger partial charge is 0.343 e. The minimum Gasteiger partial charge on any atom is -0.494 e. The molecule has 4 rings (SSSR count). The number of ether oxygens (including phenoxy) is 6. The Morgan fingerprint density at radius 2 is 1.18 bits per heavy atom. The fourth-order valence-corrected chi connectivity index (χ4v) is 4.59. The first-order chi connectivity index (χ1) is 23.8. The summed E-state index contributed by atoms with van der Waals surface area (Å²) in [6, 6.07) is 18.0. The van der Waals surface area contributed by atoms with Crippen LogP contribution in [0.25, 0.3) is 0 Å². The quantitative estimate of drug-likeness (QED) is 0.0552. The molecule has 0 saturated heterocycles. The molecule has 0 atom stereocenters. The maximum absolute atomic E-state index is 12.8. The third-order valence-electron chi connectivity index (χ3n) is 7.66. The zero-order chi connectivity index (χ0) is 34.8. The summed E-state index contributed by atoms with van der Waals surface area (Å²) >= 11 is 0. The summed E-state index contributed by atoms with van der Waals surface area (Å²) in [7, 11) is 0. The average Bonchev–Trinajstić information content (AvgIpc) is 3.08. The van der Waals surface area contributed by atoms with Gasteiger partial charge in [0.25, 0.3) is 0 Å². The number of carbonyl (C=O) groups is 4. The molecule has 1 aliphatic carbocycles. The molecule has 0 radical (unpaired) electrons. The fourth-order valence-electron chi connectivity index (χ4n) is 4.59. The third kappa shape index (κ3) is 12.6. The van der Waals surface area contributed by atoms with Crippen molar-refractivity contribution in [3.63, 3.8) is 0 Å². The lowest BCUT2D eigenvalue weighted by molar-refractivity contribution is -0.138. The Hall–Kier alpha value is -5.38. The van der Waals surface area contributed by atoms with E-state index in [-0.39, 0.29) is 5.97 Å². The van der Waals surface area contributed by atoms with Crippen molar-refractivity contribution in [1.29, 1.82) is 0 Å². The Morgan fingerprint density at radius 1 is 0.673 bits per heavy atom. The van der Waals surface area contributed by atoms with Gasteiger partial charge in [-0.15, -0.1) is 0 Å². The van der Waals surface area contributed by atoms with Gasteiger partial charge in [-0.2, -0.15) is 0 Å². The van der Waals surface area contributed by atoms with Gasteiger partial charge in [-0.25, -0.2) is 19.2 Å². The number of aryl methyl sites for hydroxylation is 1. The van der Waals surface area contributed by atoms with Crippen molar-refractivity contribution in [3.05, 3.63) is 108 Å². The normalized spacial score (nSPS) is 12.4. The number of allylic oxidation sites excluding steroid dienone is 1.